The van der Waals surface area contributed by atoms with E-state index in [2.05, 4.69) is 0 Å². The molecule has 0 spiro atoms. The van der Waals surface area contributed by atoms with Gasteiger partial charge in [-0.2, -0.15) is 0 Å². The van der Waals surface area contributed by atoms with E-state index in [1.165, 1.54) is 18.2 Å². The molecule has 0 bridgehead atoms. The number of halogens is 1. The molecule has 3 nitrogen and oxygen atoms in total. The number of benzene rings is 2. The number of primary amides is 1. The van der Waals surface area contributed by atoms with Crippen molar-refractivity contribution in [1.82, 2.24) is 0 Å². The number of rotatable bonds is 4. The second-order valence-electron chi connectivity index (χ2n) is 4.64. The second kappa shape index (κ2) is 5.25. The Labute approximate surface area is 116 Å². The first-order valence-corrected chi connectivity index (χ1v) is 6.12. The van der Waals surface area contributed by atoms with E-state index in [1.807, 2.05) is 0 Å². The van der Waals surface area contributed by atoms with Gasteiger partial charge >= 0.3 is 0 Å². The minimum atomic E-state index is -2.30. The van der Waals surface area contributed by atoms with Crippen LogP contribution in [-0.4, -0.2) is 11.7 Å². The van der Waals surface area contributed by atoms with E-state index in [0.717, 1.165) is 6.92 Å². The maximum atomic E-state index is 14.2. The number of ketones is 1. The number of hydrogen-bond donors (Lipinski definition) is 1. The van der Waals surface area contributed by atoms with Gasteiger partial charge in [0.25, 0.3) is 5.91 Å². The molecule has 0 aliphatic carbocycles. The number of amides is 1. The SMILES string of the molecule is CC(F)(C(N)=O)c1cccc(C(=O)c2ccccc2)c1. The van der Waals surface area contributed by atoms with Crippen molar-refractivity contribution in [2.75, 3.05) is 0 Å². The summed E-state index contributed by atoms with van der Waals surface area (Å²) in [7, 11) is 0. The molecule has 0 aromatic heterocycles. The molecule has 20 heavy (non-hydrogen) atoms. The Morgan fingerprint density at radius 1 is 1.00 bits per heavy atom. The standard InChI is InChI=1S/C16H14FNO2/c1-16(17,15(18)20)13-9-5-8-12(10-13)14(19)11-6-3-2-4-7-11/h2-10H,1H3,(H2,18,20). The molecule has 0 heterocycles. The Morgan fingerprint density at radius 2 is 1.60 bits per heavy atom. The van der Waals surface area contributed by atoms with Gasteiger partial charge in [-0.15, -0.1) is 0 Å². The van der Waals surface area contributed by atoms with Crippen molar-refractivity contribution in [2.45, 2.75) is 12.6 Å². The predicted octanol–water partition coefficient (Wildman–Crippen LogP) is 2.59. The summed E-state index contributed by atoms with van der Waals surface area (Å²) in [5, 5.41) is 0. The van der Waals surface area contributed by atoms with Gasteiger partial charge in [-0.3, -0.25) is 9.59 Å². The summed E-state index contributed by atoms with van der Waals surface area (Å²) in [5.41, 5.74) is 3.64. The van der Waals surface area contributed by atoms with Gasteiger partial charge in [0.1, 0.15) is 0 Å². The molecule has 0 aliphatic rings. The van der Waals surface area contributed by atoms with E-state index in [4.69, 9.17) is 5.73 Å². The van der Waals surface area contributed by atoms with Crippen molar-refractivity contribution in [1.29, 1.82) is 0 Å². The van der Waals surface area contributed by atoms with E-state index < -0.39 is 11.6 Å². The van der Waals surface area contributed by atoms with Crippen LogP contribution in [0.3, 0.4) is 0 Å². The predicted molar refractivity (Wildman–Crippen MR) is 74.0 cm³/mol. The fourth-order valence-electron chi connectivity index (χ4n) is 1.85. The smallest absolute Gasteiger partial charge is 0.259 e. The van der Waals surface area contributed by atoms with Gasteiger partial charge in [0.05, 0.1) is 0 Å². The van der Waals surface area contributed by atoms with Crippen molar-refractivity contribution < 1.29 is 14.0 Å². The average Bonchev–Trinajstić information content (AvgIpc) is 2.47. The van der Waals surface area contributed by atoms with Gasteiger partial charge in [0, 0.05) is 11.1 Å². The fourth-order valence-corrected chi connectivity index (χ4v) is 1.85. The van der Waals surface area contributed by atoms with Gasteiger partial charge in [-0.25, -0.2) is 4.39 Å². The van der Waals surface area contributed by atoms with Gasteiger partial charge in [0.2, 0.25) is 5.67 Å². The van der Waals surface area contributed by atoms with Crippen molar-refractivity contribution in [2.24, 2.45) is 5.73 Å². The lowest BCUT2D eigenvalue weighted by molar-refractivity contribution is -0.128. The van der Waals surface area contributed by atoms with Crippen LogP contribution in [0.1, 0.15) is 28.4 Å². The van der Waals surface area contributed by atoms with Crippen molar-refractivity contribution in [3.8, 4) is 0 Å². The summed E-state index contributed by atoms with van der Waals surface area (Å²) in [5.74, 6) is -1.31. The summed E-state index contributed by atoms with van der Waals surface area (Å²) >= 11 is 0. The zero-order chi connectivity index (χ0) is 14.8. The molecule has 0 saturated heterocycles. The molecule has 2 N–H and O–H groups in total. The summed E-state index contributed by atoms with van der Waals surface area (Å²) < 4.78 is 14.2. The average molecular weight is 271 g/mol. The van der Waals surface area contributed by atoms with Crippen LogP contribution in [0.15, 0.2) is 54.6 Å². The molecule has 0 fully saturated rings. The van der Waals surface area contributed by atoms with E-state index in [0.29, 0.717) is 11.1 Å². The molecule has 0 aliphatic heterocycles. The molecular weight excluding hydrogens is 257 g/mol. The number of carbonyl (C=O) groups excluding carboxylic acids is 2. The van der Waals surface area contributed by atoms with Crippen LogP contribution in [0.4, 0.5) is 4.39 Å². The van der Waals surface area contributed by atoms with Crippen molar-refractivity contribution in [3.05, 3.63) is 71.3 Å². The highest BCUT2D eigenvalue weighted by molar-refractivity contribution is 6.09. The first kappa shape index (κ1) is 13.9. The summed E-state index contributed by atoms with van der Waals surface area (Å²) in [4.78, 5) is 23.4. The van der Waals surface area contributed by atoms with Gasteiger partial charge < -0.3 is 5.73 Å². The van der Waals surface area contributed by atoms with Crippen molar-refractivity contribution in [3.63, 3.8) is 0 Å². The summed E-state index contributed by atoms with van der Waals surface area (Å²) in [6.45, 7) is 1.08. The van der Waals surface area contributed by atoms with Crippen LogP contribution < -0.4 is 5.73 Å². The zero-order valence-electron chi connectivity index (χ0n) is 11.0. The molecule has 1 unspecified atom stereocenters. The Bertz CT molecular complexity index is 651. The molecule has 1 amide bonds. The van der Waals surface area contributed by atoms with Crippen LogP contribution in [0.25, 0.3) is 0 Å². The van der Waals surface area contributed by atoms with E-state index in [-0.39, 0.29) is 11.3 Å². The maximum Gasteiger partial charge on any atom is 0.259 e. The largest absolute Gasteiger partial charge is 0.367 e. The minimum absolute atomic E-state index is 0.0757. The van der Waals surface area contributed by atoms with Crippen LogP contribution in [-0.2, 0) is 10.5 Å². The molecule has 0 radical (unpaired) electrons. The lowest BCUT2D eigenvalue weighted by Crippen LogP contribution is -2.34. The van der Waals surface area contributed by atoms with Crippen LogP contribution in [0.5, 0.6) is 0 Å². The zero-order valence-corrected chi connectivity index (χ0v) is 11.0. The van der Waals surface area contributed by atoms with Crippen LogP contribution in [0, 0.1) is 0 Å². The Hall–Kier alpha value is -2.49. The monoisotopic (exact) mass is 271 g/mol. The van der Waals surface area contributed by atoms with Gasteiger partial charge in [0.15, 0.2) is 5.78 Å². The fraction of sp³-hybridized carbons (Fsp3) is 0.125. The van der Waals surface area contributed by atoms with E-state index in [9.17, 15) is 14.0 Å². The third-order valence-corrected chi connectivity index (χ3v) is 3.17. The number of nitrogens with two attached hydrogens (primary N) is 1. The highest BCUT2D eigenvalue weighted by Gasteiger charge is 2.33. The number of carbonyl (C=O) groups is 2. The number of alkyl halides is 1. The topological polar surface area (TPSA) is 60.2 Å². The highest BCUT2D eigenvalue weighted by Crippen LogP contribution is 2.26. The third-order valence-electron chi connectivity index (χ3n) is 3.17. The highest BCUT2D eigenvalue weighted by atomic mass is 19.1. The quantitative estimate of drug-likeness (QED) is 0.869. The lowest BCUT2D eigenvalue weighted by Gasteiger charge is -2.17. The minimum Gasteiger partial charge on any atom is -0.367 e. The first-order valence-electron chi connectivity index (χ1n) is 6.12. The maximum absolute atomic E-state index is 14.2. The Balaban J connectivity index is 2.41. The molecular formula is C16H14FNO2. The first-order chi connectivity index (χ1) is 9.43. The molecule has 102 valence electrons. The summed E-state index contributed by atoms with van der Waals surface area (Å²) in [6, 6.07) is 14.6. The van der Waals surface area contributed by atoms with E-state index >= 15 is 0 Å². The molecule has 0 saturated carbocycles. The molecule has 2 aromatic carbocycles. The molecule has 1 atom stereocenters. The van der Waals surface area contributed by atoms with Crippen LogP contribution >= 0.6 is 0 Å². The van der Waals surface area contributed by atoms with Gasteiger partial charge in [-0.05, 0) is 18.6 Å². The summed E-state index contributed by atoms with van der Waals surface area (Å²) in [6.07, 6.45) is 0. The third kappa shape index (κ3) is 2.59. The Kier molecular flexibility index (Phi) is 3.66. The number of hydrogen-bond acceptors (Lipinski definition) is 2. The molecule has 2 rings (SSSR count). The van der Waals surface area contributed by atoms with Gasteiger partial charge in [-0.1, -0.05) is 48.5 Å². The second-order valence-corrected chi connectivity index (χ2v) is 4.64. The lowest BCUT2D eigenvalue weighted by atomic mass is 9.93. The Morgan fingerprint density at radius 3 is 2.20 bits per heavy atom. The molecule has 2 aromatic rings. The van der Waals surface area contributed by atoms with Crippen molar-refractivity contribution >= 4 is 11.7 Å². The van der Waals surface area contributed by atoms with Crippen LogP contribution in [0.2, 0.25) is 0 Å². The van der Waals surface area contributed by atoms with E-state index in [1.54, 1.807) is 36.4 Å². The normalized spacial score (nSPS) is 13.5. The molecule has 4 heteroatoms.